The van der Waals surface area contributed by atoms with Gasteiger partial charge in [-0.15, -0.1) is 0 Å². The van der Waals surface area contributed by atoms with Crippen molar-refractivity contribution in [3.8, 4) is 5.75 Å². The molecule has 0 aliphatic rings. The van der Waals surface area contributed by atoms with Crippen molar-refractivity contribution < 1.29 is 9.66 Å². The number of benzene rings is 1. The summed E-state index contributed by atoms with van der Waals surface area (Å²) in [5, 5.41) is 13.8. The SMILES string of the molecule is COc1cc(Br)cc(Nc2ncnc(N)c2[N+](=O)[O-])c1. The first kappa shape index (κ1) is 14.0. The fourth-order valence-electron chi connectivity index (χ4n) is 1.55. The van der Waals surface area contributed by atoms with Crippen LogP contribution in [-0.4, -0.2) is 22.0 Å². The molecule has 0 fully saturated rings. The maximum absolute atomic E-state index is 11.0. The Labute approximate surface area is 122 Å². The number of nitrogens with zero attached hydrogens (tertiary/aromatic N) is 3. The minimum Gasteiger partial charge on any atom is -0.497 e. The van der Waals surface area contributed by atoms with Gasteiger partial charge in [0.25, 0.3) is 0 Å². The average molecular weight is 340 g/mol. The number of rotatable bonds is 4. The smallest absolute Gasteiger partial charge is 0.353 e. The third-order valence-corrected chi connectivity index (χ3v) is 2.86. The van der Waals surface area contributed by atoms with E-state index in [4.69, 9.17) is 10.5 Å². The van der Waals surface area contributed by atoms with Crippen molar-refractivity contribution in [2.45, 2.75) is 0 Å². The minimum atomic E-state index is -0.632. The number of ether oxygens (including phenoxy) is 1. The van der Waals surface area contributed by atoms with Crippen LogP contribution in [0.3, 0.4) is 0 Å². The highest BCUT2D eigenvalue weighted by molar-refractivity contribution is 9.10. The summed E-state index contributed by atoms with van der Waals surface area (Å²) in [5.74, 6) is 0.406. The lowest BCUT2D eigenvalue weighted by Gasteiger charge is -2.09. The molecule has 1 aromatic carbocycles. The summed E-state index contributed by atoms with van der Waals surface area (Å²) in [7, 11) is 1.52. The minimum absolute atomic E-state index is 0.0163. The highest BCUT2D eigenvalue weighted by Gasteiger charge is 2.21. The third-order valence-electron chi connectivity index (χ3n) is 2.40. The van der Waals surface area contributed by atoms with Crippen LogP contribution in [0, 0.1) is 10.1 Å². The third kappa shape index (κ3) is 2.94. The van der Waals surface area contributed by atoms with Gasteiger partial charge in [0.15, 0.2) is 0 Å². The van der Waals surface area contributed by atoms with Gasteiger partial charge in [-0.2, -0.15) is 0 Å². The van der Waals surface area contributed by atoms with Gasteiger partial charge < -0.3 is 15.8 Å². The molecular formula is C11H10BrN5O3. The summed E-state index contributed by atoms with van der Waals surface area (Å²) in [5.41, 5.74) is 5.69. The zero-order valence-electron chi connectivity index (χ0n) is 10.3. The number of nitrogen functional groups attached to an aromatic ring is 1. The van der Waals surface area contributed by atoms with Gasteiger partial charge in [0.05, 0.1) is 12.0 Å². The Balaban J connectivity index is 2.42. The molecule has 0 radical (unpaired) electrons. The zero-order valence-corrected chi connectivity index (χ0v) is 11.9. The van der Waals surface area contributed by atoms with Crippen LogP contribution < -0.4 is 15.8 Å². The molecule has 0 unspecified atom stereocenters. The summed E-state index contributed by atoms with van der Waals surface area (Å²) in [6, 6.07) is 5.16. The standard InChI is InChI=1S/C11H10BrN5O3/c1-20-8-3-6(12)2-7(4-8)16-11-9(17(18)19)10(13)14-5-15-11/h2-5H,1H3,(H3,13,14,15,16). The van der Waals surface area contributed by atoms with E-state index in [1.807, 2.05) is 0 Å². The van der Waals surface area contributed by atoms with Crippen molar-refractivity contribution in [1.29, 1.82) is 0 Å². The topological polar surface area (TPSA) is 116 Å². The molecule has 0 aliphatic heterocycles. The molecule has 0 bridgehead atoms. The van der Waals surface area contributed by atoms with Crippen LogP contribution in [0.1, 0.15) is 0 Å². The monoisotopic (exact) mass is 339 g/mol. The number of methoxy groups -OCH3 is 1. The van der Waals surface area contributed by atoms with Gasteiger partial charge in [-0.1, -0.05) is 15.9 Å². The number of hydrogen-bond acceptors (Lipinski definition) is 7. The second-order valence-corrected chi connectivity index (χ2v) is 4.63. The number of aromatic nitrogens is 2. The molecule has 0 amide bonds. The number of nitro groups is 1. The summed E-state index contributed by atoms with van der Waals surface area (Å²) in [6.45, 7) is 0. The lowest BCUT2D eigenvalue weighted by Crippen LogP contribution is -2.05. The molecule has 1 aromatic heterocycles. The quantitative estimate of drug-likeness (QED) is 0.649. The van der Waals surface area contributed by atoms with Gasteiger partial charge in [-0.05, 0) is 12.1 Å². The van der Waals surface area contributed by atoms with Crippen LogP contribution in [0.4, 0.5) is 23.0 Å². The Morgan fingerprint density at radius 2 is 2.15 bits per heavy atom. The first-order valence-corrected chi connectivity index (χ1v) is 6.17. The number of nitrogens with two attached hydrogens (primary N) is 1. The van der Waals surface area contributed by atoms with Crippen LogP contribution in [0.25, 0.3) is 0 Å². The van der Waals surface area contributed by atoms with E-state index in [0.717, 1.165) is 10.8 Å². The lowest BCUT2D eigenvalue weighted by atomic mass is 10.3. The summed E-state index contributed by atoms with van der Waals surface area (Å²) in [6.07, 6.45) is 1.15. The van der Waals surface area contributed by atoms with Crippen molar-refractivity contribution in [3.05, 3.63) is 39.1 Å². The molecule has 3 N–H and O–H groups in total. The summed E-state index contributed by atoms with van der Waals surface area (Å²) >= 11 is 3.32. The van der Waals surface area contributed by atoms with Crippen LogP contribution in [0.2, 0.25) is 0 Å². The molecule has 20 heavy (non-hydrogen) atoms. The van der Waals surface area contributed by atoms with Gasteiger partial charge in [0.2, 0.25) is 11.6 Å². The molecule has 1 heterocycles. The van der Waals surface area contributed by atoms with Crippen LogP contribution >= 0.6 is 15.9 Å². The van der Waals surface area contributed by atoms with Gasteiger partial charge in [0, 0.05) is 16.2 Å². The molecule has 2 aromatic rings. The van der Waals surface area contributed by atoms with Crippen molar-refractivity contribution in [3.63, 3.8) is 0 Å². The van der Waals surface area contributed by atoms with E-state index in [1.165, 1.54) is 7.11 Å². The Kier molecular flexibility index (Phi) is 3.99. The number of halogens is 1. The number of anilines is 3. The van der Waals surface area contributed by atoms with Gasteiger partial charge >= 0.3 is 5.69 Å². The largest absolute Gasteiger partial charge is 0.497 e. The van der Waals surface area contributed by atoms with Crippen LogP contribution in [-0.2, 0) is 0 Å². The predicted molar refractivity (Wildman–Crippen MR) is 77.1 cm³/mol. The van der Waals surface area contributed by atoms with E-state index >= 15 is 0 Å². The molecule has 9 heteroatoms. The Morgan fingerprint density at radius 3 is 2.80 bits per heavy atom. The van der Waals surface area contributed by atoms with Gasteiger partial charge in [-0.25, -0.2) is 9.97 Å². The van der Waals surface area contributed by atoms with Crippen LogP contribution in [0.5, 0.6) is 5.75 Å². The molecule has 104 valence electrons. The van der Waals surface area contributed by atoms with E-state index in [2.05, 4.69) is 31.2 Å². The second kappa shape index (κ2) is 5.70. The maximum Gasteiger partial charge on any atom is 0.353 e. The van der Waals surface area contributed by atoms with Crippen molar-refractivity contribution in [2.24, 2.45) is 0 Å². The van der Waals surface area contributed by atoms with Gasteiger partial charge in [0.1, 0.15) is 12.1 Å². The molecule has 2 rings (SSSR count). The van der Waals surface area contributed by atoms with Crippen LogP contribution in [0.15, 0.2) is 29.0 Å². The molecule has 0 saturated heterocycles. The normalized spacial score (nSPS) is 10.1. The second-order valence-electron chi connectivity index (χ2n) is 3.72. The Hall–Kier alpha value is -2.42. The fraction of sp³-hybridized carbons (Fsp3) is 0.0909. The Morgan fingerprint density at radius 1 is 1.40 bits per heavy atom. The predicted octanol–water partition coefficient (Wildman–Crippen LogP) is 2.48. The van der Waals surface area contributed by atoms with E-state index < -0.39 is 4.92 Å². The highest BCUT2D eigenvalue weighted by Crippen LogP contribution is 2.31. The first-order chi connectivity index (χ1) is 9.51. The number of hydrogen-bond donors (Lipinski definition) is 2. The molecule has 8 nitrogen and oxygen atoms in total. The highest BCUT2D eigenvalue weighted by atomic mass is 79.9. The van der Waals surface area contributed by atoms with E-state index in [-0.39, 0.29) is 17.3 Å². The van der Waals surface area contributed by atoms with Crippen molar-refractivity contribution in [2.75, 3.05) is 18.2 Å². The van der Waals surface area contributed by atoms with E-state index in [0.29, 0.717) is 11.4 Å². The summed E-state index contributed by atoms with van der Waals surface area (Å²) in [4.78, 5) is 17.8. The molecular weight excluding hydrogens is 330 g/mol. The summed E-state index contributed by atoms with van der Waals surface area (Å²) < 4.78 is 5.87. The first-order valence-electron chi connectivity index (χ1n) is 5.37. The van der Waals surface area contributed by atoms with E-state index in [9.17, 15) is 10.1 Å². The van der Waals surface area contributed by atoms with Crippen molar-refractivity contribution >= 4 is 38.9 Å². The molecule has 0 spiro atoms. The fourth-order valence-corrected chi connectivity index (χ4v) is 2.03. The lowest BCUT2D eigenvalue weighted by molar-refractivity contribution is -0.383. The molecule has 0 atom stereocenters. The average Bonchev–Trinajstić information content (AvgIpc) is 2.37. The molecule has 0 aliphatic carbocycles. The molecule has 0 saturated carbocycles. The maximum atomic E-state index is 11.0. The van der Waals surface area contributed by atoms with Crippen molar-refractivity contribution in [1.82, 2.24) is 9.97 Å². The zero-order chi connectivity index (χ0) is 14.7. The van der Waals surface area contributed by atoms with E-state index in [1.54, 1.807) is 18.2 Å². The number of nitrogens with one attached hydrogen (secondary N) is 1. The Bertz CT molecular complexity index is 665. The van der Waals surface area contributed by atoms with Gasteiger partial charge in [-0.3, -0.25) is 10.1 Å².